The smallest absolute Gasteiger partial charge is 0.261 e. The molecule has 2 aromatic carbocycles. The van der Waals surface area contributed by atoms with Crippen LogP contribution in [0.25, 0.3) is 0 Å². The summed E-state index contributed by atoms with van der Waals surface area (Å²) in [7, 11) is -3.60. The van der Waals surface area contributed by atoms with Crippen LogP contribution >= 0.6 is 11.6 Å². The maximum absolute atomic E-state index is 12.2. The molecule has 0 saturated carbocycles. The Morgan fingerprint density at radius 2 is 1.60 bits per heavy atom. The van der Waals surface area contributed by atoms with Crippen LogP contribution in [0.4, 0.5) is 5.69 Å². The van der Waals surface area contributed by atoms with Crippen molar-refractivity contribution in [1.82, 2.24) is 0 Å². The van der Waals surface area contributed by atoms with Gasteiger partial charge < -0.3 is 5.73 Å². The Labute approximate surface area is 123 Å². The predicted octanol–water partition coefficient (Wildman–Crippen LogP) is 3.16. The Bertz CT molecular complexity index is 680. The number of nitrogens with one attached hydrogen (secondary N) is 1. The molecule has 1 atom stereocenters. The third kappa shape index (κ3) is 3.50. The van der Waals surface area contributed by atoms with Crippen LogP contribution in [0, 0.1) is 0 Å². The Kier molecular flexibility index (Phi) is 4.32. The van der Waals surface area contributed by atoms with Gasteiger partial charge in [0, 0.05) is 16.8 Å². The molecule has 0 bridgehead atoms. The first kappa shape index (κ1) is 14.8. The highest BCUT2D eigenvalue weighted by atomic mass is 35.5. The topological polar surface area (TPSA) is 72.2 Å². The fourth-order valence-corrected chi connectivity index (χ4v) is 2.87. The minimum atomic E-state index is -3.60. The van der Waals surface area contributed by atoms with Crippen LogP contribution in [0.2, 0.25) is 5.02 Å². The zero-order valence-electron chi connectivity index (χ0n) is 10.9. The summed E-state index contributed by atoms with van der Waals surface area (Å²) in [4.78, 5) is 0.192. The normalized spacial score (nSPS) is 12.9. The van der Waals surface area contributed by atoms with E-state index in [0.29, 0.717) is 10.7 Å². The Morgan fingerprint density at radius 1 is 1.05 bits per heavy atom. The molecule has 0 fully saturated rings. The third-order valence-electron chi connectivity index (χ3n) is 2.81. The molecule has 0 amide bonds. The van der Waals surface area contributed by atoms with Gasteiger partial charge in [-0.3, -0.25) is 4.72 Å². The Balaban J connectivity index is 2.23. The molecule has 6 heteroatoms. The average Bonchev–Trinajstić information content (AvgIpc) is 2.41. The van der Waals surface area contributed by atoms with Crippen LogP contribution < -0.4 is 10.5 Å². The molecule has 0 aromatic heterocycles. The minimum absolute atomic E-state index is 0.129. The highest BCUT2D eigenvalue weighted by Crippen LogP contribution is 2.19. The fraction of sp³-hybridized carbons (Fsp3) is 0.143. The van der Waals surface area contributed by atoms with Crippen LogP contribution in [0.1, 0.15) is 18.5 Å². The zero-order chi connectivity index (χ0) is 14.8. The van der Waals surface area contributed by atoms with Crippen molar-refractivity contribution in [2.45, 2.75) is 17.9 Å². The first-order valence-corrected chi connectivity index (χ1v) is 7.88. The monoisotopic (exact) mass is 310 g/mol. The van der Waals surface area contributed by atoms with Crippen molar-refractivity contribution in [2.75, 3.05) is 4.72 Å². The van der Waals surface area contributed by atoms with E-state index in [1.165, 1.54) is 12.1 Å². The zero-order valence-corrected chi connectivity index (χ0v) is 12.4. The van der Waals surface area contributed by atoms with Gasteiger partial charge in [0.25, 0.3) is 10.0 Å². The van der Waals surface area contributed by atoms with Crippen molar-refractivity contribution in [3.63, 3.8) is 0 Å². The SMILES string of the molecule is CC(N)c1ccc(S(=O)(=O)Nc2ccc(Cl)cc2)cc1. The van der Waals surface area contributed by atoms with Crippen LogP contribution in [0.5, 0.6) is 0 Å². The van der Waals surface area contributed by atoms with E-state index in [4.69, 9.17) is 17.3 Å². The van der Waals surface area contributed by atoms with Gasteiger partial charge >= 0.3 is 0 Å². The number of hydrogen-bond donors (Lipinski definition) is 2. The molecule has 0 heterocycles. The molecular weight excluding hydrogens is 296 g/mol. The second kappa shape index (κ2) is 5.83. The summed E-state index contributed by atoms with van der Waals surface area (Å²) in [5.41, 5.74) is 7.08. The quantitative estimate of drug-likeness (QED) is 0.911. The maximum atomic E-state index is 12.2. The van der Waals surface area contributed by atoms with Crippen LogP contribution in [-0.2, 0) is 10.0 Å². The molecule has 4 nitrogen and oxygen atoms in total. The molecule has 0 saturated heterocycles. The molecule has 0 aliphatic carbocycles. The molecule has 2 aromatic rings. The van der Waals surface area contributed by atoms with Gasteiger partial charge in [0.2, 0.25) is 0 Å². The number of hydrogen-bond acceptors (Lipinski definition) is 3. The molecule has 0 spiro atoms. The summed E-state index contributed by atoms with van der Waals surface area (Å²) >= 11 is 5.76. The molecule has 20 heavy (non-hydrogen) atoms. The first-order chi connectivity index (χ1) is 9.38. The molecule has 0 radical (unpaired) electrons. The highest BCUT2D eigenvalue weighted by Gasteiger charge is 2.14. The lowest BCUT2D eigenvalue weighted by atomic mass is 10.1. The molecular formula is C14H15ClN2O2S. The first-order valence-electron chi connectivity index (χ1n) is 6.02. The second-order valence-corrected chi connectivity index (χ2v) is 6.59. The van der Waals surface area contributed by atoms with E-state index in [2.05, 4.69) is 4.72 Å². The second-order valence-electron chi connectivity index (χ2n) is 4.47. The van der Waals surface area contributed by atoms with Crippen LogP contribution in [0.3, 0.4) is 0 Å². The Morgan fingerprint density at radius 3 is 2.10 bits per heavy atom. The summed E-state index contributed by atoms with van der Waals surface area (Å²) in [5.74, 6) is 0. The van der Waals surface area contributed by atoms with Gasteiger partial charge in [0.05, 0.1) is 4.90 Å². The van der Waals surface area contributed by atoms with Gasteiger partial charge in [-0.1, -0.05) is 23.7 Å². The van der Waals surface area contributed by atoms with E-state index in [0.717, 1.165) is 5.56 Å². The van der Waals surface area contributed by atoms with E-state index < -0.39 is 10.0 Å². The van der Waals surface area contributed by atoms with Gasteiger partial charge in [-0.05, 0) is 48.9 Å². The summed E-state index contributed by atoms with van der Waals surface area (Å²) in [6, 6.07) is 12.8. The van der Waals surface area contributed by atoms with E-state index >= 15 is 0 Å². The van der Waals surface area contributed by atoms with Gasteiger partial charge in [-0.15, -0.1) is 0 Å². The van der Waals surface area contributed by atoms with Crippen molar-refractivity contribution in [3.8, 4) is 0 Å². The van der Waals surface area contributed by atoms with Crippen molar-refractivity contribution < 1.29 is 8.42 Å². The maximum Gasteiger partial charge on any atom is 0.261 e. The number of halogens is 1. The molecule has 106 valence electrons. The van der Waals surface area contributed by atoms with Crippen molar-refractivity contribution in [3.05, 3.63) is 59.1 Å². The summed E-state index contributed by atoms with van der Waals surface area (Å²) in [5, 5.41) is 0.550. The molecule has 0 aliphatic heterocycles. The standard InChI is InChI=1S/C14H15ClN2O2S/c1-10(16)11-2-8-14(9-3-11)20(18,19)17-13-6-4-12(15)5-7-13/h2-10,17H,16H2,1H3. The van der Waals surface area contributed by atoms with Gasteiger partial charge in [0.1, 0.15) is 0 Å². The van der Waals surface area contributed by atoms with Crippen LogP contribution in [0.15, 0.2) is 53.4 Å². The summed E-state index contributed by atoms with van der Waals surface area (Å²) in [6.45, 7) is 1.84. The van der Waals surface area contributed by atoms with Gasteiger partial charge in [-0.25, -0.2) is 8.42 Å². The summed E-state index contributed by atoms with van der Waals surface area (Å²) < 4.78 is 26.9. The van der Waals surface area contributed by atoms with Gasteiger partial charge in [-0.2, -0.15) is 0 Å². The van der Waals surface area contributed by atoms with Crippen LogP contribution in [-0.4, -0.2) is 8.42 Å². The fourth-order valence-electron chi connectivity index (χ4n) is 1.68. The van der Waals surface area contributed by atoms with E-state index in [1.54, 1.807) is 36.4 Å². The van der Waals surface area contributed by atoms with E-state index in [1.807, 2.05) is 6.92 Å². The largest absolute Gasteiger partial charge is 0.324 e. The molecule has 3 N–H and O–H groups in total. The lowest BCUT2D eigenvalue weighted by Gasteiger charge is -2.10. The number of benzene rings is 2. The van der Waals surface area contributed by atoms with E-state index in [-0.39, 0.29) is 10.9 Å². The molecule has 2 rings (SSSR count). The molecule has 1 unspecified atom stereocenters. The van der Waals surface area contributed by atoms with E-state index in [9.17, 15) is 8.42 Å². The third-order valence-corrected chi connectivity index (χ3v) is 4.46. The van der Waals surface area contributed by atoms with Gasteiger partial charge in [0.15, 0.2) is 0 Å². The minimum Gasteiger partial charge on any atom is -0.324 e. The molecule has 0 aliphatic rings. The number of rotatable bonds is 4. The Hall–Kier alpha value is -1.56. The highest BCUT2D eigenvalue weighted by molar-refractivity contribution is 7.92. The summed E-state index contributed by atoms with van der Waals surface area (Å²) in [6.07, 6.45) is 0. The number of anilines is 1. The average molecular weight is 311 g/mol. The predicted molar refractivity (Wildman–Crippen MR) is 81.3 cm³/mol. The van der Waals surface area contributed by atoms with Crippen molar-refractivity contribution in [1.29, 1.82) is 0 Å². The number of sulfonamides is 1. The van der Waals surface area contributed by atoms with Crippen molar-refractivity contribution >= 4 is 27.3 Å². The van der Waals surface area contributed by atoms with Crippen molar-refractivity contribution in [2.24, 2.45) is 5.73 Å². The lowest BCUT2D eigenvalue weighted by molar-refractivity contribution is 0.601. The lowest BCUT2D eigenvalue weighted by Crippen LogP contribution is -2.13. The number of nitrogens with two attached hydrogens (primary N) is 1.